The number of anilines is 1. The van der Waals surface area contributed by atoms with Crippen molar-refractivity contribution in [1.29, 1.82) is 0 Å². The van der Waals surface area contributed by atoms with Gasteiger partial charge in [-0.25, -0.2) is 0 Å². The minimum Gasteiger partial charge on any atom is -0.344 e. The second-order valence-electron chi connectivity index (χ2n) is 3.41. The van der Waals surface area contributed by atoms with Crippen LogP contribution in [0.25, 0.3) is 11.5 Å². The monoisotopic (exact) mass is 246 g/mol. The fourth-order valence-corrected chi connectivity index (χ4v) is 1.17. The number of alkyl halides is 3. The molecule has 0 fully saturated rings. The van der Waals surface area contributed by atoms with Crippen LogP contribution in [0.3, 0.4) is 0 Å². The summed E-state index contributed by atoms with van der Waals surface area (Å²) in [4.78, 5) is 3.84. The highest BCUT2D eigenvalue weighted by molar-refractivity contribution is 5.50. The SMILES string of the molecule is Cc1cc(-c2nc(NCC(F)(F)F)n[nH]2)n[nH]1. The van der Waals surface area contributed by atoms with Gasteiger partial charge in [-0.3, -0.25) is 10.2 Å². The van der Waals surface area contributed by atoms with Crippen LogP contribution in [0, 0.1) is 6.92 Å². The van der Waals surface area contributed by atoms with E-state index in [1.807, 2.05) is 0 Å². The van der Waals surface area contributed by atoms with E-state index in [0.717, 1.165) is 5.69 Å². The molecule has 17 heavy (non-hydrogen) atoms. The molecule has 0 bridgehead atoms. The molecule has 3 N–H and O–H groups in total. The highest BCUT2D eigenvalue weighted by Crippen LogP contribution is 2.17. The number of aryl methyl sites for hydroxylation is 1. The number of aromatic nitrogens is 5. The molecule has 2 heterocycles. The molecule has 0 spiro atoms. The van der Waals surface area contributed by atoms with E-state index >= 15 is 0 Å². The molecule has 2 rings (SSSR count). The van der Waals surface area contributed by atoms with Gasteiger partial charge in [-0.05, 0) is 13.0 Å². The predicted molar refractivity (Wildman–Crippen MR) is 53.2 cm³/mol. The van der Waals surface area contributed by atoms with Crippen molar-refractivity contribution in [1.82, 2.24) is 25.4 Å². The van der Waals surface area contributed by atoms with Gasteiger partial charge in [0, 0.05) is 5.69 Å². The van der Waals surface area contributed by atoms with E-state index < -0.39 is 12.7 Å². The van der Waals surface area contributed by atoms with Crippen LogP contribution in [-0.4, -0.2) is 38.1 Å². The van der Waals surface area contributed by atoms with Gasteiger partial charge in [0.1, 0.15) is 12.2 Å². The lowest BCUT2D eigenvalue weighted by Gasteiger charge is -2.04. The van der Waals surface area contributed by atoms with Gasteiger partial charge in [0.2, 0.25) is 5.95 Å². The van der Waals surface area contributed by atoms with Gasteiger partial charge in [0.05, 0.1) is 0 Å². The molecular weight excluding hydrogens is 237 g/mol. The van der Waals surface area contributed by atoms with Crippen molar-refractivity contribution in [3.8, 4) is 11.5 Å². The minimum absolute atomic E-state index is 0.113. The van der Waals surface area contributed by atoms with Gasteiger partial charge in [0.15, 0.2) is 5.82 Å². The Balaban J connectivity index is 2.06. The fraction of sp³-hybridized carbons (Fsp3) is 0.375. The number of hydrogen-bond acceptors (Lipinski definition) is 4. The summed E-state index contributed by atoms with van der Waals surface area (Å²) in [6.07, 6.45) is -4.30. The van der Waals surface area contributed by atoms with Crippen LogP contribution in [0.15, 0.2) is 6.07 Å². The molecule has 2 aromatic heterocycles. The number of H-pyrrole nitrogens is 2. The largest absolute Gasteiger partial charge is 0.405 e. The maximum atomic E-state index is 11.9. The first-order valence-electron chi connectivity index (χ1n) is 4.69. The molecule has 0 unspecified atom stereocenters. The van der Waals surface area contributed by atoms with Gasteiger partial charge in [-0.1, -0.05) is 0 Å². The van der Waals surface area contributed by atoms with Crippen LogP contribution < -0.4 is 5.32 Å². The number of nitrogens with zero attached hydrogens (tertiary/aromatic N) is 3. The third-order valence-electron chi connectivity index (χ3n) is 1.88. The minimum atomic E-state index is -4.30. The van der Waals surface area contributed by atoms with Gasteiger partial charge in [0.25, 0.3) is 0 Å². The van der Waals surface area contributed by atoms with E-state index in [-0.39, 0.29) is 5.95 Å². The number of aromatic amines is 2. The lowest BCUT2D eigenvalue weighted by atomic mass is 10.4. The summed E-state index contributed by atoms with van der Waals surface area (Å²) in [6.45, 7) is 0.625. The Hall–Kier alpha value is -2.06. The summed E-state index contributed by atoms with van der Waals surface area (Å²) in [5.41, 5.74) is 1.32. The molecular formula is C8H9F3N6. The van der Waals surface area contributed by atoms with Crippen molar-refractivity contribution in [2.45, 2.75) is 13.1 Å². The Kier molecular flexibility index (Phi) is 2.74. The van der Waals surface area contributed by atoms with E-state index in [9.17, 15) is 13.2 Å². The lowest BCUT2D eigenvalue weighted by molar-refractivity contribution is -0.115. The van der Waals surface area contributed by atoms with E-state index in [4.69, 9.17) is 0 Å². The quantitative estimate of drug-likeness (QED) is 0.766. The van der Waals surface area contributed by atoms with Crippen LogP contribution in [0.4, 0.5) is 19.1 Å². The molecule has 6 nitrogen and oxygen atoms in total. The summed E-state index contributed by atoms with van der Waals surface area (Å²) < 4.78 is 35.8. The van der Waals surface area contributed by atoms with Crippen molar-refractivity contribution in [3.63, 3.8) is 0 Å². The molecule has 92 valence electrons. The Labute approximate surface area is 93.6 Å². The van der Waals surface area contributed by atoms with Crippen LogP contribution >= 0.6 is 0 Å². The van der Waals surface area contributed by atoms with Crippen molar-refractivity contribution in [2.24, 2.45) is 0 Å². The van der Waals surface area contributed by atoms with Crippen molar-refractivity contribution in [3.05, 3.63) is 11.8 Å². The molecule has 0 radical (unpaired) electrons. The number of nitrogens with one attached hydrogen (secondary N) is 3. The fourth-order valence-electron chi connectivity index (χ4n) is 1.17. The van der Waals surface area contributed by atoms with Crippen molar-refractivity contribution >= 4 is 5.95 Å². The van der Waals surface area contributed by atoms with Crippen LogP contribution in [-0.2, 0) is 0 Å². The van der Waals surface area contributed by atoms with Gasteiger partial charge in [-0.2, -0.15) is 23.3 Å². The number of hydrogen-bond donors (Lipinski definition) is 3. The first kappa shape index (κ1) is 11.4. The average molecular weight is 246 g/mol. The topological polar surface area (TPSA) is 82.3 Å². The summed E-state index contributed by atoms with van der Waals surface area (Å²) in [6, 6.07) is 1.70. The standard InChI is InChI=1S/C8H9F3N6/c1-4-2-5(15-14-4)6-13-7(17-16-6)12-3-8(9,10)11/h2H,3H2,1H3,(H,14,15)(H2,12,13,16,17). The second kappa shape index (κ2) is 4.07. The molecule has 0 aliphatic rings. The highest BCUT2D eigenvalue weighted by atomic mass is 19.4. The Bertz CT molecular complexity index is 499. The smallest absolute Gasteiger partial charge is 0.344 e. The van der Waals surface area contributed by atoms with Crippen LogP contribution in [0.2, 0.25) is 0 Å². The van der Waals surface area contributed by atoms with E-state index in [1.54, 1.807) is 13.0 Å². The number of rotatable bonds is 3. The van der Waals surface area contributed by atoms with Gasteiger partial charge >= 0.3 is 6.18 Å². The predicted octanol–water partition coefficient (Wildman–Crippen LogP) is 1.48. The normalized spacial score (nSPS) is 11.8. The zero-order chi connectivity index (χ0) is 12.5. The first-order chi connectivity index (χ1) is 7.94. The van der Waals surface area contributed by atoms with Crippen molar-refractivity contribution < 1.29 is 13.2 Å². The molecule has 0 aliphatic carbocycles. The average Bonchev–Trinajstić information content (AvgIpc) is 2.81. The summed E-state index contributed by atoms with van der Waals surface area (Å²) >= 11 is 0. The van der Waals surface area contributed by atoms with Gasteiger partial charge in [-0.15, -0.1) is 5.10 Å². The molecule has 2 aromatic rings. The lowest BCUT2D eigenvalue weighted by Crippen LogP contribution is -2.21. The van der Waals surface area contributed by atoms with Crippen molar-refractivity contribution in [2.75, 3.05) is 11.9 Å². The molecule has 0 amide bonds. The third kappa shape index (κ3) is 2.95. The zero-order valence-electron chi connectivity index (χ0n) is 8.76. The maximum Gasteiger partial charge on any atom is 0.405 e. The Morgan fingerprint density at radius 2 is 2.06 bits per heavy atom. The van der Waals surface area contributed by atoms with E-state index in [0.29, 0.717) is 11.5 Å². The summed E-state index contributed by atoms with van der Waals surface area (Å²) in [7, 11) is 0. The molecule has 0 saturated heterocycles. The van der Waals surface area contributed by atoms with Gasteiger partial charge < -0.3 is 5.32 Å². The Morgan fingerprint density at radius 1 is 1.29 bits per heavy atom. The molecule has 0 aromatic carbocycles. The number of halogens is 3. The summed E-state index contributed by atoms with van der Waals surface area (Å²) in [5, 5.41) is 14.8. The first-order valence-corrected chi connectivity index (χ1v) is 4.69. The molecule has 0 saturated carbocycles. The second-order valence-corrected chi connectivity index (χ2v) is 3.41. The Morgan fingerprint density at radius 3 is 2.65 bits per heavy atom. The van der Waals surface area contributed by atoms with Crippen LogP contribution in [0.1, 0.15) is 5.69 Å². The molecule has 0 aliphatic heterocycles. The van der Waals surface area contributed by atoms with E-state index in [1.165, 1.54) is 0 Å². The maximum absolute atomic E-state index is 11.9. The summed E-state index contributed by atoms with van der Waals surface area (Å²) in [5.74, 6) is 0.192. The third-order valence-corrected chi connectivity index (χ3v) is 1.88. The highest BCUT2D eigenvalue weighted by Gasteiger charge is 2.27. The van der Waals surface area contributed by atoms with Crippen LogP contribution in [0.5, 0.6) is 0 Å². The zero-order valence-corrected chi connectivity index (χ0v) is 8.76. The van der Waals surface area contributed by atoms with E-state index in [2.05, 4.69) is 30.7 Å². The molecule has 0 atom stereocenters. The molecule has 9 heteroatoms.